The molecule has 1 aliphatic rings. The minimum atomic E-state index is -0.320. The van der Waals surface area contributed by atoms with E-state index < -0.39 is 0 Å². The van der Waals surface area contributed by atoms with Crippen molar-refractivity contribution in [2.24, 2.45) is 0 Å². The number of benzene rings is 2. The van der Waals surface area contributed by atoms with Gasteiger partial charge in [-0.05, 0) is 50.2 Å². The number of nitrogens with one attached hydrogen (secondary N) is 2. The molecular formula is C29H36N8O3. The van der Waals surface area contributed by atoms with Gasteiger partial charge in [-0.25, -0.2) is 9.97 Å². The van der Waals surface area contributed by atoms with Gasteiger partial charge < -0.3 is 30.1 Å². The fourth-order valence-electron chi connectivity index (χ4n) is 4.52. The van der Waals surface area contributed by atoms with Crippen LogP contribution in [0.4, 0.5) is 23.0 Å². The molecule has 11 heteroatoms. The number of carbonyl (C=O) groups excluding carboxylic acids is 2. The highest BCUT2D eigenvalue weighted by Gasteiger charge is 2.18. The van der Waals surface area contributed by atoms with E-state index in [1.807, 2.05) is 19.2 Å². The van der Waals surface area contributed by atoms with Crippen molar-refractivity contribution in [2.45, 2.75) is 12.8 Å². The van der Waals surface area contributed by atoms with E-state index >= 15 is 0 Å². The van der Waals surface area contributed by atoms with Crippen molar-refractivity contribution >= 4 is 34.8 Å². The maximum absolute atomic E-state index is 12.4. The van der Waals surface area contributed by atoms with Gasteiger partial charge in [0, 0.05) is 51.4 Å². The lowest BCUT2D eigenvalue weighted by molar-refractivity contribution is -0.111. The summed E-state index contributed by atoms with van der Waals surface area (Å²) < 4.78 is 5.71. The Hall–Kier alpha value is -4.51. The number of ether oxygens (including phenoxy) is 1. The number of likely N-dealkylation sites (N-methyl/N-ethyl adjacent to an activating group) is 1. The van der Waals surface area contributed by atoms with Gasteiger partial charge in [0.25, 0.3) is 5.91 Å². The first kappa shape index (κ1) is 28.5. The standard InChI is InChI=1S/C29H36N8O3/c1-6-26(38)32-22-17-23(25(40-5)18-24(22)36(4)14-15-37-12-7-8-13-37)33-29-31-19-30-27(34-29)20-10-9-11-21(16-20)28(39)35(2)3/h6,9-11,16-19H,1,7-8,12-15H2,2-5H3,(H,32,38)(H,30,31,33,34). The molecule has 40 heavy (non-hydrogen) atoms. The third-order valence-corrected chi connectivity index (χ3v) is 6.71. The summed E-state index contributed by atoms with van der Waals surface area (Å²) in [5, 5.41) is 6.11. The summed E-state index contributed by atoms with van der Waals surface area (Å²) in [7, 11) is 6.99. The number of amides is 2. The van der Waals surface area contributed by atoms with Gasteiger partial charge in [0.05, 0.1) is 24.2 Å². The summed E-state index contributed by atoms with van der Waals surface area (Å²) in [6.07, 6.45) is 5.10. The molecule has 1 saturated heterocycles. The number of hydrogen-bond donors (Lipinski definition) is 2. The topological polar surface area (TPSA) is 116 Å². The number of carbonyl (C=O) groups is 2. The molecule has 3 aromatic rings. The summed E-state index contributed by atoms with van der Waals surface area (Å²) in [5.74, 6) is 0.811. The lowest BCUT2D eigenvalue weighted by Gasteiger charge is -2.26. The molecule has 2 amide bonds. The van der Waals surface area contributed by atoms with E-state index in [1.165, 1.54) is 30.1 Å². The molecule has 0 bridgehead atoms. The van der Waals surface area contributed by atoms with E-state index in [0.29, 0.717) is 34.1 Å². The molecule has 11 nitrogen and oxygen atoms in total. The fourth-order valence-corrected chi connectivity index (χ4v) is 4.52. The van der Waals surface area contributed by atoms with E-state index in [9.17, 15) is 9.59 Å². The van der Waals surface area contributed by atoms with E-state index in [4.69, 9.17) is 4.74 Å². The lowest BCUT2D eigenvalue weighted by Crippen LogP contribution is -2.32. The normalized spacial score (nSPS) is 13.0. The molecule has 0 saturated carbocycles. The Morgan fingerprint density at radius 1 is 1.10 bits per heavy atom. The quantitative estimate of drug-likeness (QED) is 0.349. The van der Waals surface area contributed by atoms with Crippen LogP contribution in [0.2, 0.25) is 0 Å². The van der Waals surface area contributed by atoms with E-state index in [1.54, 1.807) is 45.5 Å². The SMILES string of the molecule is C=CC(=O)Nc1cc(Nc2ncnc(-c3cccc(C(=O)N(C)C)c3)n2)c(OC)cc1N(C)CCN1CCCC1. The molecule has 0 spiro atoms. The van der Waals surface area contributed by atoms with E-state index in [0.717, 1.165) is 31.9 Å². The molecule has 210 valence electrons. The van der Waals surface area contributed by atoms with Gasteiger partial charge in [-0.15, -0.1) is 0 Å². The molecule has 0 atom stereocenters. The molecule has 0 radical (unpaired) electrons. The highest BCUT2D eigenvalue weighted by Crippen LogP contribution is 2.38. The predicted octanol–water partition coefficient (Wildman–Crippen LogP) is 3.65. The number of aromatic nitrogens is 3. The van der Waals surface area contributed by atoms with Crippen LogP contribution < -0.4 is 20.3 Å². The summed E-state index contributed by atoms with van der Waals surface area (Å²) in [4.78, 5) is 43.9. The van der Waals surface area contributed by atoms with Crippen molar-refractivity contribution in [1.82, 2.24) is 24.8 Å². The Bertz CT molecular complexity index is 1370. The van der Waals surface area contributed by atoms with Gasteiger partial charge in [0.15, 0.2) is 5.82 Å². The van der Waals surface area contributed by atoms with Crippen LogP contribution in [0, 0.1) is 0 Å². The van der Waals surface area contributed by atoms with Crippen LogP contribution in [0.5, 0.6) is 5.75 Å². The minimum Gasteiger partial charge on any atom is -0.494 e. The van der Waals surface area contributed by atoms with Crippen molar-refractivity contribution < 1.29 is 14.3 Å². The molecule has 2 N–H and O–H groups in total. The average molecular weight is 545 g/mol. The summed E-state index contributed by atoms with van der Waals surface area (Å²) >= 11 is 0. The van der Waals surface area contributed by atoms with Crippen LogP contribution in [0.25, 0.3) is 11.4 Å². The van der Waals surface area contributed by atoms with Crippen molar-refractivity contribution in [3.8, 4) is 17.1 Å². The number of methoxy groups -OCH3 is 1. The molecular weight excluding hydrogens is 508 g/mol. The van der Waals surface area contributed by atoms with E-state index in [2.05, 4.69) is 42.0 Å². The maximum atomic E-state index is 12.4. The van der Waals surface area contributed by atoms with Crippen molar-refractivity contribution in [3.63, 3.8) is 0 Å². The molecule has 0 aliphatic carbocycles. The monoisotopic (exact) mass is 544 g/mol. The van der Waals surface area contributed by atoms with Crippen molar-refractivity contribution in [3.05, 3.63) is 60.9 Å². The molecule has 2 heterocycles. The Morgan fingerprint density at radius 3 is 2.58 bits per heavy atom. The highest BCUT2D eigenvalue weighted by molar-refractivity contribution is 6.02. The van der Waals surface area contributed by atoms with Crippen molar-refractivity contribution in [2.75, 3.05) is 70.0 Å². The van der Waals surface area contributed by atoms with Crippen LogP contribution in [-0.2, 0) is 4.79 Å². The lowest BCUT2D eigenvalue weighted by atomic mass is 10.1. The number of rotatable bonds is 11. The molecule has 4 rings (SSSR count). The molecule has 0 unspecified atom stereocenters. The van der Waals surface area contributed by atoms with Gasteiger partial charge >= 0.3 is 0 Å². The van der Waals surface area contributed by atoms with Gasteiger partial charge in [-0.2, -0.15) is 4.98 Å². The van der Waals surface area contributed by atoms with Crippen LogP contribution in [0.15, 0.2) is 55.4 Å². The number of likely N-dealkylation sites (tertiary alicyclic amines) is 1. The molecule has 1 aliphatic heterocycles. The maximum Gasteiger partial charge on any atom is 0.253 e. The molecule has 1 aromatic heterocycles. The minimum absolute atomic E-state index is 0.112. The Labute approximate surface area is 234 Å². The summed E-state index contributed by atoms with van der Waals surface area (Å²) in [6.45, 7) is 7.54. The molecule has 1 fully saturated rings. The zero-order valence-corrected chi connectivity index (χ0v) is 23.5. The Kier molecular flexibility index (Phi) is 9.28. The zero-order chi connectivity index (χ0) is 28.6. The first-order chi connectivity index (χ1) is 19.3. The van der Waals surface area contributed by atoms with E-state index in [-0.39, 0.29) is 17.8 Å². The first-order valence-electron chi connectivity index (χ1n) is 13.2. The zero-order valence-electron chi connectivity index (χ0n) is 23.5. The third kappa shape index (κ3) is 6.92. The Balaban J connectivity index is 1.62. The second kappa shape index (κ2) is 13.0. The molecule has 2 aromatic carbocycles. The highest BCUT2D eigenvalue weighted by atomic mass is 16.5. The summed E-state index contributed by atoms with van der Waals surface area (Å²) in [6, 6.07) is 10.8. The van der Waals surface area contributed by atoms with Crippen LogP contribution in [0.3, 0.4) is 0 Å². The van der Waals surface area contributed by atoms with Gasteiger partial charge in [-0.3, -0.25) is 9.59 Å². The number of anilines is 4. The van der Waals surface area contributed by atoms with Crippen LogP contribution in [0.1, 0.15) is 23.2 Å². The summed E-state index contributed by atoms with van der Waals surface area (Å²) in [5.41, 5.74) is 3.19. The largest absolute Gasteiger partial charge is 0.494 e. The van der Waals surface area contributed by atoms with Crippen molar-refractivity contribution in [1.29, 1.82) is 0 Å². The second-order valence-corrected chi connectivity index (χ2v) is 9.77. The van der Waals surface area contributed by atoms with Gasteiger partial charge in [-0.1, -0.05) is 18.7 Å². The van der Waals surface area contributed by atoms with Crippen LogP contribution >= 0.6 is 0 Å². The number of nitrogens with zero attached hydrogens (tertiary/aromatic N) is 6. The predicted molar refractivity (Wildman–Crippen MR) is 157 cm³/mol. The first-order valence-corrected chi connectivity index (χ1v) is 13.2. The smallest absolute Gasteiger partial charge is 0.253 e. The van der Waals surface area contributed by atoms with Crippen LogP contribution in [-0.4, -0.2) is 91.0 Å². The fraction of sp³-hybridized carbons (Fsp3) is 0.345. The van der Waals surface area contributed by atoms with Gasteiger partial charge in [0.2, 0.25) is 11.9 Å². The average Bonchev–Trinajstić information content (AvgIpc) is 3.49. The third-order valence-electron chi connectivity index (χ3n) is 6.71. The second-order valence-electron chi connectivity index (χ2n) is 9.77. The Morgan fingerprint density at radius 2 is 1.88 bits per heavy atom. The number of hydrogen-bond acceptors (Lipinski definition) is 9. The van der Waals surface area contributed by atoms with Gasteiger partial charge in [0.1, 0.15) is 12.1 Å².